The van der Waals surface area contributed by atoms with Crippen LogP contribution in [-0.4, -0.2) is 10.2 Å². The second-order valence-corrected chi connectivity index (χ2v) is 3.42. The van der Waals surface area contributed by atoms with Crippen LogP contribution in [0, 0.1) is 11.6 Å². The molecule has 0 spiro atoms. The van der Waals surface area contributed by atoms with Gasteiger partial charge in [-0.25, -0.2) is 8.78 Å². The van der Waals surface area contributed by atoms with E-state index in [4.69, 9.17) is 5.73 Å². The monoisotopic (exact) mass is 236 g/mol. The van der Waals surface area contributed by atoms with E-state index in [1.165, 1.54) is 0 Å². The minimum Gasteiger partial charge on any atom is -0.395 e. The summed E-state index contributed by atoms with van der Waals surface area (Å²) in [6.45, 7) is 0.293. The van der Waals surface area contributed by atoms with Crippen molar-refractivity contribution in [3.8, 4) is 0 Å². The highest BCUT2D eigenvalue weighted by Gasteiger charge is 2.07. The Morgan fingerprint density at radius 3 is 2.82 bits per heavy atom. The maximum absolute atomic E-state index is 13.1. The number of aromatic nitrogens is 2. The first-order chi connectivity index (χ1) is 8.16. The molecule has 0 radical (unpaired) electrons. The topological polar surface area (TPSA) is 63.8 Å². The summed E-state index contributed by atoms with van der Waals surface area (Å²) in [5.74, 6) is -1.47. The maximum atomic E-state index is 13.1. The van der Waals surface area contributed by atoms with E-state index < -0.39 is 11.6 Å². The molecule has 0 bridgehead atoms. The molecule has 1 aromatic carbocycles. The van der Waals surface area contributed by atoms with Crippen molar-refractivity contribution in [2.45, 2.75) is 6.54 Å². The molecule has 0 saturated heterocycles. The van der Waals surface area contributed by atoms with E-state index in [0.717, 1.165) is 12.1 Å². The zero-order chi connectivity index (χ0) is 12.3. The van der Waals surface area contributed by atoms with Crippen LogP contribution < -0.4 is 11.1 Å². The Morgan fingerprint density at radius 2 is 2.12 bits per heavy atom. The highest BCUT2D eigenvalue weighted by atomic mass is 19.1. The fourth-order valence-corrected chi connectivity index (χ4v) is 1.34. The molecular formula is C11H10F2N4. The van der Waals surface area contributed by atoms with Gasteiger partial charge in [0.05, 0.1) is 23.6 Å². The minimum absolute atomic E-state index is 0.115. The van der Waals surface area contributed by atoms with Crippen LogP contribution in [0.2, 0.25) is 0 Å². The van der Waals surface area contributed by atoms with Crippen molar-refractivity contribution in [1.82, 2.24) is 10.2 Å². The van der Waals surface area contributed by atoms with Crippen LogP contribution in [0.1, 0.15) is 5.69 Å². The summed E-state index contributed by atoms with van der Waals surface area (Å²) in [6.07, 6.45) is 1.54. The van der Waals surface area contributed by atoms with E-state index in [1.54, 1.807) is 18.3 Å². The second kappa shape index (κ2) is 4.73. The molecule has 0 unspecified atom stereocenters. The smallest absolute Gasteiger partial charge is 0.151 e. The van der Waals surface area contributed by atoms with Gasteiger partial charge in [0.2, 0.25) is 0 Å². The van der Waals surface area contributed by atoms with Gasteiger partial charge in [0.15, 0.2) is 5.82 Å². The molecule has 17 heavy (non-hydrogen) atoms. The van der Waals surface area contributed by atoms with Gasteiger partial charge in [0, 0.05) is 12.3 Å². The van der Waals surface area contributed by atoms with E-state index in [-0.39, 0.29) is 11.4 Å². The molecule has 3 N–H and O–H groups in total. The molecule has 4 nitrogen and oxygen atoms in total. The summed E-state index contributed by atoms with van der Waals surface area (Å²) in [6, 6.07) is 5.34. The van der Waals surface area contributed by atoms with Crippen molar-refractivity contribution < 1.29 is 8.78 Å². The number of nitrogen functional groups attached to an aromatic ring is 1. The lowest BCUT2D eigenvalue weighted by molar-refractivity contribution is 0.587. The minimum atomic E-state index is -0.786. The van der Waals surface area contributed by atoms with Gasteiger partial charge in [0.1, 0.15) is 5.82 Å². The van der Waals surface area contributed by atoms with Gasteiger partial charge in [-0.1, -0.05) is 0 Å². The zero-order valence-electron chi connectivity index (χ0n) is 8.82. The predicted molar refractivity (Wildman–Crippen MR) is 60.1 cm³/mol. The predicted octanol–water partition coefficient (Wildman–Crippen LogP) is 1.95. The van der Waals surface area contributed by atoms with Crippen molar-refractivity contribution in [3.63, 3.8) is 0 Å². The molecular weight excluding hydrogens is 226 g/mol. The van der Waals surface area contributed by atoms with Gasteiger partial charge in [-0.3, -0.25) is 0 Å². The summed E-state index contributed by atoms with van der Waals surface area (Å²) >= 11 is 0. The molecule has 0 atom stereocenters. The number of anilines is 2. The van der Waals surface area contributed by atoms with E-state index >= 15 is 0 Å². The third-order valence-corrected chi connectivity index (χ3v) is 2.18. The second-order valence-electron chi connectivity index (χ2n) is 3.42. The van der Waals surface area contributed by atoms with Gasteiger partial charge in [-0.15, -0.1) is 0 Å². The van der Waals surface area contributed by atoms with Crippen LogP contribution in [0.4, 0.5) is 20.2 Å². The molecule has 6 heteroatoms. The average Bonchev–Trinajstić information content (AvgIpc) is 2.33. The van der Waals surface area contributed by atoms with E-state index in [1.807, 2.05) is 0 Å². The Hall–Kier alpha value is -2.24. The van der Waals surface area contributed by atoms with Crippen LogP contribution in [-0.2, 0) is 6.54 Å². The van der Waals surface area contributed by atoms with Crippen LogP contribution in [0.15, 0.2) is 30.5 Å². The SMILES string of the molecule is Nc1c(F)cc(F)cc1NCc1cccnn1. The average molecular weight is 236 g/mol. The van der Waals surface area contributed by atoms with Gasteiger partial charge in [-0.05, 0) is 18.2 Å². The lowest BCUT2D eigenvalue weighted by atomic mass is 10.2. The van der Waals surface area contributed by atoms with Crippen molar-refractivity contribution in [2.24, 2.45) is 0 Å². The summed E-state index contributed by atoms with van der Waals surface area (Å²) in [5.41, 5.74) is 6.21. The van der Waals surface area contributed by atoms with Gasteiger partial charge >= 0.3 is 0 Å². The first-order valence-electron chi connectivity index (χ1n) is 4.92. The molecule has 88 valence electrons. The Labute approximate surface area is 96.5 Å². The standard InChI is InChI=1S/C11H10F2N4/c12-7-4-9(13)11(14)10(5-7)15-6-8-2-1-3-16-17-8/h1-5,15H,6,14H2. The molecule has 2 aromatic rings. The zero-order valence-corrected chi connectivity index (χ0v) is 8.82. The fourth-order valence-electron chi connectivity index (χ4n) is 1.34. The molecule has 0 fully saturated rings. The third kappa shape index (κ3) is 2.66. The first-order valence-corrected chi connectivity index (χ1v) is 4.92. The number of hydrogen-bond donors (Lipinski definition) is 2. The lowest BCUT2D eigenvalue weighted by Crippen LogP contribution is -2.06. The first kappa shape index (κ1) is 11.3. The Balaban J connectivity index is 2.14. The number of nitrogens with zero attached hydrogens (tertiary/aromatic N) is 2. The number of nitrogens with one attached hydrogen (secondary N) is 1. The molecule has 0 amide bonds. The van der Waals surface area contributed by atoms with Crippen LogP contribution in [0.5, 0.6) is 0 Å². The summed E-state index contributed by atoms with van der Waals surface area (Å²) in [5, 5.41) is 10.3. The number of benzene rings is 1. The molecule has 2 rings (SSSR count). The number of rotatable bonds is 3. The van der Waals surface area contributed by atoms with Gasteiger partial charge < -0.3 is 11.1 Å². The van der Waals surface area contributed by atoms with Crippen molar-refractivity contribution in [3.05, 3.63) is 47.8 Å². The number of hydrogen-bond acceptors (Lipinski definition) is 4. The Kier molecular flexibility index (Phi) is 3.13. The van der Waals surface area contributed by atoms with Gasteiger partial charge in [-0.2, -0.15) is 10.2 Å². The summed E-state index contributed by atoms with van der Waals surface area (Å²) < 4.78 is 26.1. The normalized spacial score (nSPS) is 10.2. The van der Waals surface area contributed by atoms with Gasteiger partial charge in [0.25, 0.3) is 0 Å². The third-order valence-electron chi connectivity index (χ3n) is 2.18. The molecule has 0 aliphatic heterocycles. The quantitative estimate of drug-likeness (QED) is 0.799. The Bertz CT molecular complexity index is 516. The molecule has 1 aromatic heterocycles. The molecule has 0 aliphatic carbocycles. The highest BCUT2D eigenvalue weighted by molar-refractivity contribution is 5.66. The largest absolute Gasteiger partial charge is 0.395 e. The molecule has 0 saturated carbocycles. The van der Waals surface area contributed by atoms with Crippen LogP contribution >= 0.6 is 0 Å². The highest BCUT2D eigenvalue weighted by Crippen LogP contribution is 2.23. The maximum Gasteiger partial charge on any atom is 0.151 e. The van der Waals surface area contributed by atoms with E-state index in [9.17, 15) is 8.78 Å². The molecule has 0 aliphatic rings. The van der Waals surface area contributed by atoms with E-state index in [0.29, 0.717) is 12.2 Å². The summed E-state index contributed by atoms with van der Waals surface area (Å²) in [4.78, 5) is 0. The number of nitrogens with two attached hydrogens (primary N) is 1. The van der Waals surface area contributed by atoms with Crippen LogP contribution in [0.25, 0.3) is 0 Å². The molecule has 1 heterocycles. The van der Waals surface area contributed by atoms with Crippen molar-refractivity contribution in [2.75, 3.05) is 11.1 Å². The fraction of sp³-hybridized carbons (Fsp3) is 0.0909. The van der Waals surface area contributed by atoms with Crippen LogP contribution in [0.3, 0.4) is 0 Å². The lowest BCUT2D eigenvalue weighted by Gasteiger charge is -2.09. The number of halogens is 2. The van der Waals surface area contributed by atoms with Crippen molar-refractivity contribution in [1.29, 1.82) is 0 Å². The summed E-state index contributed by atoms with van der Waals surface area (Å²) in [7, 11) is 0. The van der Waals surface area contributed by atoms with Crippen molar-refractivity contribution >= 4 is 11.4 Å². The Morgan fingerprint density at radius 1 is 1.29 bits per heavy atom. The van der Waals surface area contributed by atoms with E-state index in [2.05, 4.69) is 15.5 Å².